The van der Waals surface area contributed by atoms with Crippen molar-refractivity contribution in [3.05, 3.63) is 34.3 Å². The van der Waals surface area contributed by atoms with Gasteiger partial charge < -0.3 is 9.88 Å². The molecule has 2 heterocycles. The third-order valence-electron chi connectivity index (χ3n) is 2.44. The first-order valence-electron chi connectivity index (χ1n) is 5.34. The summed E-state index contributed by atoms with van der Waals surface area (Å²) in [5.74, 6) is 0. The predicted molar refractivity (Wildman–Crippen MR) is 65.6 cm³/mol. The fourth-order valence-electron chi connectivity index (χ4n) is 1.67. The fraction of sp³-hybridized carbons (Fsp3) is 0.455. The van der Waals surface area contributed by atoms with Gasteiger partial charge in [-0.1, -0.05) is 6.92 Å². The summed E-state index contributed by atoms with van der Waals surface area (Å²) in [6.45, 7) is 5.03. The van der Waals surface area contributed by atoms with Crippen LogP contribution in [0.15, 0.2) is 17.9 Å². The Kier molecular flexibility index (Phi) is 3.36. The molecule has 0 amide bonds. The number of nitrogens with one attached hydrogen (secondary N) is 1. The van der Waals surface area contributed by atoms with Crippen molar-refractivity contribution < 1.29 is 0 Å². The predicted octanol–water partition coefficient (Wildman–Crippen LogP) is 1.88. The van der Waals surface area contributed by atoms with E-state index in [1.54, 1.807) is 11.3 Å². The van der Waals surface area contributed by atoms with Crippen LogP contribution >= 0.6 is 11.3 Å². The monoisotopic (exact) mass is 236 g/mol. The number of imidazole rings is 1. The number of aromatic nitrogens is 3. The summed E-state index contributed by atoms with van der Waals surface area (Å²) in [4.78, 5) is 8.70. The molecule has 0 aliphatic heterocycles. The lowest BCUT2D eigenvalue weighted by Gasteiger charge is -2.15. The third kappa shape index (κ3) is 2.15. The first kappa shape index (κ1) is 11.3. The van der Waals surface area contributed by atoms with Crippen molar-refractivity contribution in [2.45, 2.75) is 19.9 Å². The molecule has 1 N–H and O–H groups in total. The lowest BCUT2D eigenvalue weighted by molar-refractivity contribution is 0.590. The Morgan fingerprint density at radius 2 is 2.38 bits per heavy atom. The van der Waals surface area contributed by atoms with E-state index in [2.05, 4.69) is 27.6 Å². The van der Waals surface area contributed by atoms with Gasteiger partial charge in [0.15, 0.2) is 0 Å². The minimum absolute atomic E-state index is 0.149. The van der Waals surface area contributed by atoms with Gasteiger partial charge >= 0.3 is 0 Å². The number of hydrogen-bond donors (Lipinski definition) is 1. The van der Waals surface area contributed by atoms with Crippen molar-refractivity contribution in [1.82, 2.24) is 19.9 Å². The zero-order valence-corrected chi connectivity index (χ0v) is 10.6. The Morgan fingerprint density at radius 3 is 2.88 bits per heavy atom. The van der Waals surface area contributed by atoms with E-state index in [4.69, 9.17) is 0 Å². The molecule has 0 aliphatic rings. The molecule has 5 heteroatoms. The van der Waals surface area contributed by atoms with Crippen LogP contribution in [0.5, 0.6) is 0 Å². The van der Waals surface area contributed by atoms with Gasteiger partial charge in [0, 0.05) is 18.1 Å². The van der Waals surface area contributed by atoms with Gasteiger partial charge in [-0.15, -0.1) is 11.3 Å². The Hall–Kier alpha value is -1.20. The van der Waals surface area contributed by atoms with Crippen molar-refractivity contribution in [3.63, 3.8) is 0 Å². The van der Waals surface area contributed by atoms with E-state index in [0.717, 1.165) is 22.9 Å². The van der Waals surface area contributed by atoms with Crippen LogP contribution in [0.3, 0.4) is 0 Å². The second-order valence-electron chi connectivity index (χ2n) is 3.75. The SMILES string of the molecule is CCNC(c1nc(C)cs1)c1cncn1C. The third-order valence-corrected chi connectivity index (χ3v) is 3.47. The molecule has 0 saturated carbocycles. The van der Waals surface area contributed by atoms with Crippen LogP contribution in [0, 0.1) is 6.92 Å². The average Bonchev–Trinajstić information content (AvgIpc) is 2.84. The molecule has 0 saturated heterocycles. The minimum atomic E-state index is 0.149. The molecule has 0 fully saturated rings. The van der Waals surface area contributed by atoms with Crippen molar-refractivity contribution in [2.75, 3.05) is 6.54 Å². The highest BCUT2D eigenvalue weighted by molar-refractivity contribution is 7.09. The fourth-order valence-corrected chi connectivity index (χ4v) is 2.55. The molecule has 4 nitrogen and oxygen atoms in total. The summed E-state index contributed by atoms with van der Waals surface area (Å²) in [6, 6.07) is 0.149. The van der Waals surface area contributed by atoms with Gasteiger partial charge in [-0.2, -0.15) is 0 Å². The highest BCUT2D eigenvalue weighted by Crippen LogP contribution is 2.24. The summed E-state index contributed by atoms with van der Waals surface area (Å²) in [5, 5.41) is 6.62. The van der Waals surface area contributed by atoms with E-state index in [9.17, 15) is 0 Å². The number of thiazole rings is 1. The van der Waals surface area contributed by atoms with E-state index < -0.39 is 0 Å². The molecule has 0 aromatic carbocycles. The average molecular weight is 236 g/mol. The summed E-state index contributed by atoms with van der Waals surface area (Å²) in [7, 11) is 2.01. The van der Waals surface area contributed by atoms with Gasteiger partial charge in [-0.3, -0.25) is 0 Å². The molecule has 2 aromatic heterocycles. The second kappa shape index (κ2) is 4.76. The summed E-state index contributed by atoms with van der Waals surface area (Å²) in [6.07, 6.45) is 3.71. The Labute approximate surface area is 99.4 Å². The number of aryl methyl sites for hydroxylation is 2. The molecule has 0 bridgehead atoms. The van der Waals surface area contributed by atoms with E-state index >= 15 is 0 Å². The topological polar surface area (TPSA) is 42.7 Å². The lowest BCUT2D eigenvalue weighted by Crippen LogP contribution is -2.23. The van der Waals surface area contributed by atoms with Gasteiger partial charge in [-0.05, 0) is 13.5 Å². The van der Waals surface area contributed by atoms with Gasteiger partial charge in [-0.25, -0.2) is 9.97 Å². The highest BCUT2D eigenvalue weighted by Gasteiger charge is 2.18. The van der Waals surface area contributed by atoms with Crippen LogP contribution in [0.1, 0.15) is 29.4 Å². The first-order valence-corrected chi connectivity index (χ1v) is 6.22. The molecule has 16 heavy (non-hydrogen) atoms. The van der Waals surface area contributed by atoms with Gasteiger partial charge in [0.1, 0.15) is 11.0 Å². The molecule has 1 atom stereocenters. The van der Waals surface area contributed by atoms with Gasteiger partial charge in [0.2, 0.25) is 0 Å². The van der Waals surface area contributed by atoms with Crippen LogP contribution in [-0.4, -0.2) is 21.1 Å². The van der Waals surface area contributed by atoms with Gasteiger partial charge in [0.25, 0.3) is 0 Å². The zero-order chi connectivity index (χ0) is 11.5. The summed E-state index contributed by atoms with van der Waals surface area (Å²) < 4.78 is 2.03. The second-order valence-corrected chi connectivity index (χ2v) is 4.64. The van der Waals surface area contributed by atoms with E-state index in [-0.39, 0.29) is 6.04 Å². The molecular weight excluding hydrogens is 220 g/mol. The smallest absolute Gasteiger partial charge is 0.116 e. The zero-order valence-electron chi connectivity index (χ0n) is 9.77. The maximum atomic E-state index is 4.54. The van der Waals surface area contributed by atoms with Crippen LogP contribution in [-0.2, 0) is 7.05 Å². The number of nitrogens with zero attached hydrogens (tertiary/aromatic N) is 3. The van der Waals surface area contributed by atoms with Crippen LogP contribution in [0.4, 0.5) is 0 Å². The maximum absolute atomic E-state index is 4.54. The molecule has 2 rings (SSSR count). The van der Waals surface area contributed by atoms with Crippen molar-refractivity contribution in [2.24, 2.45) is 7.05 Å². The molecule has 0 aliphatic carbocycles. The molecule has 0 radical (unpaired) electrons. The number of hydrogen-bond acceptors (Lipinski definition) is 4. The van der Waals surface area contributed by atoms with Crippen molar-refractivity contribution >= 4 is 11.3 Å². The largest absolute Gasteiger partial charge is 0.336 e. The summed E-state index contributed by atoms with van der Waals surface area (Å²) >= 11 is 1.69. The minimum Gasteiger partial charge on any atom is -0.336 e. The van der Waals surface area contributed by atoms with E-state index in [0.29, 0.717) is 0 Å². The highest BCUT2D eigenvalue weighted by atomic mass is 32.1. The molecule has 86 valence electrons. The Morgan fingerprint density at radius 1 is 1.56 bits per heavy atom. The van der Waals surface area contributed by atoms with E-state index in [1.165, 1.54) is 0 Å². The standard InChI is InChI=1S/C11H16N4S/c1-4-13-10(9-5-12-7-15(9)3)11-14-8(2)6-16-11/h5-7,10,13H,4H2,1-3H3. The van der Waals surface area contributed by atoms with Gasteiger partial charge in [0.05, 0.1) is 18.2 Å². The molecule has 0 spiro atoms. The Bertz CT molecular complexity index is 460. The van der Waals surface area contributed by atoms with Crippen molar-refractivity contribution in [3.8, 4) is 0 Å². The lowest BCUT2D eigenvalue weighted by atomic mass is 10.2. The number of rotatable bonds is 4. The van der Waals surface area contributed by atoms with Crippen LogP contribution in [0.25, 0.3) is 0 Å². The quantitative estimate of drug-likeness (QED) is 0.881. The van der Waals surface area contributed by atoms with Crippen LogP contribution in [0.2, 0.25) is 0 Å². The first-order chi connectivity index (χ1) is 7.72. The molecule has 2 aromatic rings. The Balaban J connectivity index is 2.34. The van der Waals surface area contributed by atoms with Crippen LogP contribution < -0.4 is 5.32 Å². The molecule has 1 unspecified atom stereocenters. The summed E-state index contributed by atoms with van der Waals surface area (Å²) in [5.41, 5.74) is 2.22. The normalized spacial score (nSPS) is 12.9. The maximum Gasteiger partial charge on any atom is 0.116 e. The van der Waals surface area contributed by atoms with E-state index in [1.807, 2.05) is 31.1 Å². The molecular formula is C11H16N4S. The van der Waals surface area contributed by atoms with Crippen molar-refractivity contribution in [1.29, 1.82) is 0 Å².